The zero-order chi connectivity index (χ0) is 15.2. The van der Waals surface area contributed by atoms with Gasteiger partial charge < -0.3 is 0 Å². The van der Waals surface area contributed by atoms with Crippen molar-refractivity contribution in [1.82, 2.24) is 9.80 Å². The van der Waals surface area contributed by atoms with Crippen LogP contribution in [0.25, 0.3) is 0 Å². The smallest absolute Gasteiger partial charge is 0.286 e. The van der Waals surface area contributed by atoms with Crippen molar-refractivity contribution in [3.63, 3.8) is 0 Å². The minimum Gasteiger partial charge on any atom is -0.297 e. The van der Waals surface area contributed by atoms with Crippen molar-refractivity contribution in [3.05, 3.63) is 0 Å². The Morgan fingerprint density at radius 2 is 1.24 bits per heavy atom. The lowest BCUT2D eigenvalue weighted by Gasteiger charge is -2.28. The van der Waals surface area contributed by atoms with Gasteiger partial charge in [-0.05, 0) is 19.3 Å². The van der Waals surface area contributed by atoms with E-state index in [1.54, 1.807) is 9.80 Å². The maximum atomic E-state index is 11.7. The molecule has 2 rings (SSSR count). The molecule has 2 saturated heterocycles. The van der Waals surface area contributed by atoms with Gasteiger partial charge in [-0.15, -0.1) is 0 Å². The van der Waals surface area contributed by atoms with Crippen LogP contribution in [0.3, 0.4) is 0 Å². The highest BCUT2D eigenvalue weighted by Crippen LogP contribution is 2.21. The standard InChI is InChI=1S/C13H18N2O2S4/c16-12-14(10(18)4-8-20-12)6-2-1-3-7-15-11(19)5-9-21-13(15)17/h1-9H2. The Hall–Kier alpha value is -0.180. The third kappa shape index (κ3) is 4.91. The first-order valence-corrected chi connectivity index (χ1v) is 9.82. The van der Waals surface area contributed by atoms with Crippen molar-refractivity contribution in [1.29, 1.82) is 0 Å². The fourth-order valence-electron chi connectivity index (χ4n) is 2.23. The zero-order valence-corrected chi connectivity index (χ0v) is 15.0. The number of unbranched alkanes of at least 4 members (excludes halogenated alkanes) is 2. The molecule has 0 saturated carbocycles. The maximum absolute atomic E-state index is 11.7. The Morgan fingerprint density at radius 1 is 0.810 bits per heavy atom. The van der Waals surface area contributed by atoms with E-state index < -0.39 is 0 Å². The van der Waals surface area contributed by atoms with E-state index in [1.165, 1.54) is 23.5 Å². The van der Waals surface area contributed by atoms with E-state index in [0.717, 1.165) is 53.6 Å². The summed E-state index contributed by atoms with van der Waals surface area (Å²) in [6, 6.07) is 0. The molecule has 0 radical (unpaired) electrons. The van der Waals surface area contributed by atoms with E-state index in [9.17, 15) is 9.59 Å². The monoisotopic (exact) mass is 362 g/mol. The Balaban J connectivity index is 1.65. The second-order valence-corrected chi connectivity index (χ2v) is 7.91. The van der Waals surface area contributed by atoms with Crippen molar-refractivity contribution in [2.75, 3.05) is 24.6 Å². The van der Waals surface area contributed by atoms with Gasteiger partial charge in [-0.25, -0.2) is 0 Å². The number of thiocarbonyl (C=S) groups is 2. The highest BCUT2D eigenvalue weighted by molar-refractivity contribution is 8.14. The number of hydrogen-bond donors (Lipinski definition) is 0. The molecule has 2 heterocycles. The number of hydrogen-bond acceptors (Lipinski definition) is 6. The number of nitrogens with zero attached hydrogens (tertiary/aromatic N) is 2. The van der Waals surface area contributed by atoms with Crippen molar-refractivity contribution >= 4 is 68.4 Å². The van der Waals surface area contributed by atoms with Gasteiger partial charge in [0.2, 0.25) is 0 Å². The summed E-state index contributed by atoms with van der Waals surface area (Å²) in [4.78, 5) is 28.4. The van der Waals surface area contributed by atoms with Crippen LogP contribution in [0.15, 0.2) is 0 Å². The van der Waals surface area contributed by atoms with Crippen LogP contribution in [0, 0.1) is 0 Å². The summed E-state index contributed by atoms with van der Waals surface area (Å²) < 4.78 is 0. The highest BCUT2D eigenvalue weighted by Gasteiger charge is 2.24. The summed E-state index contributed by atoms with van der Waals surface area (Å²) in [7, 11) is 0. The summed E-state index contributed by atoms with van der Waals surface area (Å²) in [5.41, 5.74) is 0. The Morgan fingerprint density at radius 3 is 1.62 bits per heavy atom. The molecule has 0 aromatic carbocycles. The average molecular weight is 363 g/mol. The first-order valence-electron chi connectivity index (χ1n) is 7.04. The zero-order valence-electron chi connectivity index (χ0n) is 11.7. The van der Waals surface area contributed by atoms with Crippen molar-refractivity contribution in [2.45, 2.75) is 32.1 Å². The topological polar surface area (TPSA) is 40.6 Å². The van der Waals surface area contributed by atoms with E-state index in [2.05, 4.69) is 0 Å². The van der Waals surface area contributed by atoms with Crippen LogP contribution in [-0.4, -0.2) is 54.9 Å². The lowest BCUT2D eigenvalue weighted by molar-refractivity contribution is 0.241. The molecule has 0 spiro atoms. The summed E-state index contributed by atoms with van der Waals surface area (Å²) in [6.45, 7) is 1.38. The maximum Gasteiger partial charge on any atom is 0.286 e. The molecule has 0 N–H and O–H groups in total. The molecule has 0 aromatic rings. The Kier molecular flexibility index (Phi) is 6.91. The summed E-state index contributed by atoms with van der Waals surface area (Å²) in [5.74, 6) is 1.61. The molecule has 2 amide bonds. The second-order valence-electron chi connectivity index (χ2n) is 4.88. The average Bonchev–Trinajstić information content (AvgIpc) is 2.44. The van der Waals surface area contributed by atoms with Crippen LogP contribution in [0.1, 0.15) is 32.1 Å². The van der Waals surface area contributed by atoms with Gasteiger partial charge >= 0.3 is 0 Å². The SMILES string of the molecule is O=C1SCCC(=S)N1CCCCCN1C(=O)SCCC1=S. The molecule has 4 nitrogen and oxygen atoms in total. The third-order valence-electron chi connectivity index (χ3n) is 3.39. The van der Waals surface area contributed by atoms with E-state index in [0.29, 0.717) is 13.1 Å². The fraction of sp³-hybridized carbons (Fsp3) is 0.692. The largest absolute Gasteiger partial charge is 0.297 e. The van der Waals surface area contributed by atoms with Gasteiger partial charge in [-0.2, -0.15) is 0 Å². The van der Waals surface area contributed by atoms with Crippen molar-refractivity contribution in [3.8, 4) is 0 Å². The minimum absolute atomic E-state index is 0.0787. The molecule has 0 aliphatic carbocycles. The van der Waals surface area contributed by atoms with Gasteiger partial charge in [0.15, 0.2) is 0 Å². The molecule has 8 heteroatoms. The molecule has 0 aromatic heterocycles. The molecule has 0 atom stereocenters. The van der Waals surface area contributed by atoms with E-state index in [1.807, 2.05) is 0 Å². The second kappa shape index (κ2) is 8.45. The van der Waals surface area contributed by atoms with Crippen LogP contribution in [0.4, 0.5) is 9.59 Å². The number of rotatable bonds is 6. The molecular weight excluding hydrogens is 344 g/mol. The van der Waals surface area contributed by atoms with E-state index in [-0.39, 0.29) is 10.5 Å². The molecule has 2 aliphatic heterocycles. The van der Waals surface area contributed by atoms with Gasteiger partial charge in [0.1, 0.15) is 0 Å². The van der Waals surface area contributed by atoms with Crippen LogP contribution < -0.4 is 0 Å². The van der Waals surface area contributed by atoms with Gasteiger partial charge in [0.05, 0.1) is 9.98 Å². The normalized spacial score (nSPS) is 20.4. The van der Waals surface area contributed by atoms with Crippen LogP contribution >= 0.6 is 48.0 Å². The van der Waals surface area contributed by atoms with Crippen molar-refractivity contribution in [2.24, 2.45) is 0 Å². The molecular formula is C13H18N2O2S4. The van der Waals surface area contributed by atoms with Gasteiger partial charge in [-0.3, -0.25) is 19.4 Å². The lowest BCUT2D eigenvalue weighted by Crippen LogP contribution is -2.38. The Labute approximate surface area is 144 Å². The van der Waals surface area contributed by atoms with Gasteiger partial charge in [0.25, 0.3) is 10.5 Å². The summed E-state index contributed by atoms with van der Waals surface area (Å²) in [5, 5.41) is 0.157. The van der Waals surface area contributed by atoms with Crippen LogP contribution in [0.2, 0.25) is 0 Å². The number of carbonyl (C=O) groups excluding carboxylic acids is 2. The number of thioether (sulfide) groups is 2. The van der Waals surface area contributed by atoms with E-state index >= 15 is 0 Å². The quantitative estimate of drug-likeness (QED) is 0.527. The molecule has 2 aliphatic rings. The van der Waals surface area contributed by atoms with Gasteiger partial charge in [-0.1, -0.05) is 48.0 Å². The molecule has 0 bridgehead atoms. The molecule has 116 valence electrons. The summed E-state index contributed by atoms with van der Waals surface area (Å²) in [6.07, 6.45) is 4.43. The van der Waals surface area contributed by atoms with E-state index in [4.69, 9.17) is 24.4 Å². The van der Waals surface area contributed by atoms with Crippen molar-refractivity contribution < 1.29 is 9.59 Å². The van der Waals surface area contributed by atoms with Crippen LogP contribution in [0.5, 0.6) is 0 Å². The predicted octanol–water partition coefficient (Wildman–Crippen LogP) is 3.93. The number of amides is 2. The van der Waals surface area contributed by atoms with Gasteiger partial charge in [0, 0.05) is 37.4 Å². The summed E-state index contributed by atoms with van der Waals surface area (Å²) >= 11 is 13.2. The molecule has 2 fully saturated rings. The fourth-order valence-corrected chi connectivity index (χ4v) is 4.81. The first-order chi connectivity index (χ1) is 10.1. The predicted molar refractivity (Wildman–Crippen MR) is 97.4 cm³/mol. The Bertz CT molecular complexity index is 383. The third-order valence-corrected chi connectivity index (χ3v) is 5.99. The molecule has 21 heavy (non-hydrogen) atoms. The highest BCUT2D eigenvalue weighted by atomic mass is 32.2. The number of carbonyl (C=O) groups is 2. The minimum atomic E-state index is 0.0787. The first kappa shape index (κ1) is 17.2. The lowest BCUT2D eigenvalue weighted by atomic mass is 10.2. The molecule has 0 unspecified atom stereocenters. The van der Waals surface area contributed by atoms with Crippen LogP contribution in [-0.2, 0) is 0 Å².